The second-order valence-corrected chi connectivity index (χ2v) is 3.45. The van der Waals surface area contributed by atoms with E-state index in [0.29, 0.717) is 5.69 Å². The summed E-state index contributed by atoms with van der Waals surface area (Å²) in [6.07, 6.45) is 0. The minimum absolute atomic E-state index is 0.0178. The third kappa shape index (κ3) is 4.64. The summed E-state index contributed by atoms with van der Waals surface area (Å²) in [6.45, 7) is -2.78. The molecular weight excluding hydrogens is 246 g/mol. The average molecular weight is 260 g/mol. The second-order valence-electron chi connectivity index (χ2n) is 3.45. The Hall–Kier alpha value is -1.73. The van der Waals surface area contributed by atoms with Crippen LogP contribution in [0.1, 0.15) is 0 Å². The van der Waals surface area contributed by atoms with Gasteiger partial charge >= 0.3 is 6.61 Å². The van der Waals surface area contributed by atoms with Crippen LogP contribution in [0.5, 0.6) is 5.75 Å². The van der Waals surface area contributed by atoms with Crippen molar-refractivity contribution in [1.82, 2.24) is 0 Å². The fourth-order valence-corrected chi connectivity index (χ4v) is 1.21. The Kier molecular flexibility index (Phi) is 5.47. The fourth-order valence-electron chi connectivity index (χ4n) is 1.21. The predicted molar refractivity (Wildman–Crippen MR) is 61.6 cm³/mol. The van der Waals surface area contributed by atoms with E-state index in [1.54, 1.807) is 0 Å². The number of alkyl halides is 2. The molecule has 0 spiro atoms. The number of anilines is 1. The maximum Gasteiger partial charge on any atom is 0.387 e. The van der Waals surface area contributed by atoms with Crippen LogP contribution < -0.4 is 15.8 Å². The number of hydrogen-bond donors (Lipinski definition) is 2. The first kappa shape index (κ1) is 14.3. The van der Waals surface area contributed by atoms with Crippen molar-refractivity contribution in [3.63, 3.8) is 0 Å². The monoisotopic (exact) mass is 260 g/mol. The van der Waals surface area contributed by atoms with E-state index in [9.17, 15) is 13.6 Å². The molecule has 1 atom stereocenters. The van der Waals surface area contributed by atoms with Crippen LogP contribution in [0.3, 0.4) is 0 Å². The molecule has 1 aromatic carbocycles. The molecule has 0 fully saturated rings. The lowest BCUT2D eigenvalue weighted by atomic mass is 10.2. The van der Waals surface area contributed by atoms with Crippen LogP contribution in [0.25, 0.3) is 0 Å². The molecule has 0 aromatic heterocycles. The Balaban J connectivity index is 2.55. The molecule has 18 heavy (non-hydrogen) atoms. The largest absolute Gasteiger partial charge is 0.435 e. The van der Waals surface area contributed by atoms with E-state index in [4.69, 9.17) is 10.5 Å². The molecule has 7 heteroatoms. The summed E-state index contributed by atoms with van der Waals surface area (Å²) in [5.41, 5.74) is 5.95. The van der Waals surface area contributed by atoms with Crippen molar-refractivity contribution in [2.45, 2.75) is 12.7 Å². The highest BCUT2D eigenvalue weighted by Crippen LogP contribution is 2.17. The highest BCUT2D eigenvalue weighted by molar-refractivity contribution is 5.94. The number of carbonyl (C=O) groups is 1. The standard InChI is InChI=1S/C11H14F2N2O3/c1-17-6-9(14)10(16)15-7-2-4-8(5-3-7)18-11(12)13/h2-5,9,11H,6,14H2,1H3,(H,15,16). The topological polar surface area (TPSA) is 73.6 Å². The van der Waals surface area contributed by atoms with Crippen LogP contribution in [-0.2, 0) is 9.53 Å². The van der Waals surface area contributed by atoms with Gasteiger partial charge in [-0.05, 0) is 24.3 Å². The van der Waals surface area contributed by atoms with Crippen LogP contribution in [0.2, 0.25) is 0 Å². The maximum absolute atomic E-state index is 11.9. The highest BCUT2D eigenvalue weighted by atomic mass is 19.3. The zero-order valence-corrected chi connectivity index (χ0v) is 9.73. The number of ether oxygens (including phenoxy) is 2. The molecule has 1 unspecified atom stereocenters. The second kappa shape index (κ2) is 6.87. The molecule has 0 aliphatic rings. The van der Waals surface area contributed by atoms with Gasteiger partial charge in [-0.2, -0.15) is 8.78 Å². The van der Waals surface area contributed by atoms with Gasteiger partial charge in [-0.3, -0.25) is 4.79 Å². The third-order valence-electron chi connectivity index (χ3n) is 2.03. The van der Waals surface area contributed by atoms with Gasteiger partial charge < -0.3 is 20.5 Å². The molecule has 0 radical (unpaired) electrons. The van der Waals surface area contributed by atoms with E-state index in [1.807, 2.05) is 0 Å². The van der Waals surface area contributed by atoms with Gasteiger partial charge in [-0.25, -0.2) is 0 Å². The summed E-state index contributed by atoms with van der Waals surface area (Å²) in [5, 5.41) is 2.52. The summed E-state index contributed by atoms with van der Waals surface area (Å²) in [7, 11) is 1.43. The zero-order valence-electron chi connectivity index (χ0n) is 9.73. The van der Waals surface area contributed by atoms with E-state index in [1.165, 1.54) is 31.4 Å². The van der Waals surface area contributed by atoms with Crippen LogP contribution >= 0.6 is 0 Å². The number of rotatable bonds is 6. The number of carbonyl (C=O) groups excluding carboxylic acids is 1. The molecule has 0 aliphatic carbocycles. The number of hydrogen-bond acceptors (Lipinski definition) is 4. The van der Waals surface area contributed by atoms with Crippen LogP contribution in [0.15, 0.2) is 24.3 Å². The lowest BCUT2D eigenvalue weighted by molar-refractivity contribution is -0.118. The number of methoxy groups -OCH3 is 1. The predicted octanol–water partition coefficient (Wildman–Crippen LogP) is 1.20. The van der Waals surface area contributed by atoms with Gasteiger partial charge in [0.05, 0.1) is 6.61 Å². The molecule has 0 bridgehead atoms. The van der Waals surface area contributed by atoms with Gasteiger partial charge in [0.15, 0.2) is 0 Å². The van der Waals surface area contributed by atoms with Gasteiger partial charge in [-0.1, -0.05) is 0 Å². The minimum Gasteiger partial charge on any atom is -0.435 e. The molecule has 1 aromatic rings. The van der Waals surface area contributed by atoms with Gasteiger partial charge in [0, 0.05) is 12.8 Å². The molecular formula is C11H14F2N2O3. The number of amides is 1. The van der Waals surface area contributed by atoms with Gasteiger partial charge in [0.25, 0.3) is 0 Å². The number of benzene rings is 1. The molecule has 1 rings (SSSR count). The van der Waals surface area contributed by atoms with Crippen molar-refractivity contribution in [3.8, 4) is 5.75 Å². The molecule has 0 saturated carbocycles. The summed E-state index contributed by atoms with van der Waals surface area (Å²) < 4.78 is 32.7. The van der Waals surface area contributed by atoms with E-state index >= 15 is 0 Å². The lowest BCUT2D eigenvalue weighted by Gasteiger charge is -2.11. The van der Waals surface area contributed by atoms with Gasteiger partial charge in [0.2, 0.25) is 5.91 Å². The van der Waals surface area contributed by atoms with Crippen molar-refractivity contribution in [3.05, 3.63) is 24.3 Å². The SMILES string of the molecule is COCC(N)C(=O)Nc1ccc(OC(F)F)cc1. The molecule has 100 valence electrons. The van der Waals surface area contributed by atoms with Gasteiger partial charge in [-0.15, -0.1) is 0 Å². The Bertz CT molecular complexity index is 384. The summed E-state index contributed by atoms with van der Waals surface area (Å²) in [6, 6.07) is 4.74. The molecule has 0 heterocycles. The van der Waals surface area contributed by atoms with Crippen LogP contribution in [0.4, 0.5) is 14.5 Å². The smallest absolute Gasteiger partial charge is 0.387 e. The van der Waals surface area contributed by atoms with Crippen LogP contribution in [0, 0.1) is 0 Å². The zero-order chi connectivity index (χ0) is 13.5. The summed E-state index contributed by atoms with van der Waals surface area (Å²) in [5.74, 6) is -0.399. The minimum atomic E-state index is -2.87. The lowest BCUT2D eigenvalue weighted by Crippen LogP contribution is -2.39. The number of nitrogens with two attached hydrogens (primary N) is 1. The fraction of sp³-hybridized carbons (Fsp3) is 0.364. The first-order chi connectivity index (χ1) is 8.52. The molecule has 0 saturated heterocycles. The number of nitrogens with one attached hydrogen (secondary N) is 1. The summed E-state index contributed by atoms with van der Waals surface area (Å²) >= 11 is 0. The summed E-state index contributed by atoms with van der Waals surface area (Å²) in [4.78, 5) is 11.5. The quantitative estimate of drug-likeness (QED) is 0.806. The molecule has 1 amide bonds. The third-order valence-corrected chi connectivity index (χ3v) is 2.03. The molecule has 5 nitrogen and oxygen atoms in total. The van der Waals surface area contributed by atoms with E-state index in [-0.39, 0.29) is 12.4 Å². The molecule has 0 aliphatic heterocycles. The van der Waals surface area contributed by atoms with Crippen molar-refractivity contribution >= 4 is 11.6 Å². The molecule has 3 N–H and O–H groups in total. The van der Waals surface area contributed by atoms with Crippen molar-refractivity contribution in [2.24, 2.45) is 5.73 Å². The normalized spacial score (nSPS) is 12.3. The number of halogens is 2. The Labute approximate surface area is 103 Å². The van der Waals surface area contributed by atoms with Crippen molar-refractivity contribution in [1.29, 1.82) is 0 Å². The van der Waals surface area contributed by atoms with E-state index in [0.717, 1.165) is 0 Å². The Morgan fingerprint density at radius 3 is 2.50 bits per heavy atom. The Morgan fingerprint density at radius 2 is 2.00 bits per heavy atom. The van der Waals surface area contributed by atoms with E-state index < -0.39 is 18.6 Å². The highest BCUT2D eigenvalue weighted by Gasteiger charge is 2.13. The maximum atomic E-state index is 11.9. The van der Waals surface area contributed by atoms with Gasteiger partial charge in [0.1, 0.15) is 11.8 Å². The van der Waals surface area contributed by atoms with Crippen molar-refractivity contribution < 1.29 is 23.0 Å². The average Bonchev–Trinajstić information content (AvgIpc) is 2.31. The first-order valence-electron chi connectivity index (χ1n) is 5.13. The van der Waals surface area contributed by atoms with Crippen molar-refractivity contribution in [2.75, 3.05) is 19.0 Å². The van der Waals surface area contributed by atoms with E-state index in [2.05, 4.69) is 10.1 Å². The Morgan fingerprint density at radius 1 is 1.39 bits per heavy atom. The van der Waals surface area contributed by atoms with Crippen LogP contribution in [-0.4, -0.2) is 32.3 Å². The first-order valence-corrected chi connectivity index (χ1v) is 5.13.